The topological polar surface area (TPSA) is 55.6 Å². The van der Waals surface area contributed by atoms with Gasteiger partial charge in [-0.3, -0.25) is 4.79 Å². The molecule has 0 saturated carbocycles. The number of nitrogens with two attached hydrogens (primary N) is 1. The summed E-state index contributed by atoms with van der Waals surface area (Å²) in [7, 11) is 0. The fraction of sp³-hybridized carbons (Fsp3) is 0.909. The summed E-state index contributed by atoms with van der Waals surface area (Å²) in [5.41, 5.74) is 5.31. The molecule has 0 unspecified atom stereocenters. The molecule has 0 aromatic carbocycles. The highest BCUT2D eigenvalue weighted by Gasteiger charge is 2.28. The number of rotatable bonds is 3. The first-order chi connectivity index (χ1) is 7.25. The summed E-state index contributed by atoms with van der Waals surface area (Å²) in [5.74, 6) is 0.708. The minimum atomic E-state index is -0.135. The predicted molar refractivity (Wildman–Crippen MR) is 57.3 cm³/mol. The predicted octanol–water partition coefficient (Wildman–Crippen LogP) is 0.220. The standard InChI is InChI=1S/C11H20N2O2/c12-11(14)10-1-4-13(8-10)7-9-2-5-15-6-3-9/h9-10H,1-8H2,(H2,12,14)/t10-/m1/s1. The lowest BCUT2D eigenvalue weighted by Crippen LogP contribution is -2.32. The quantitative estimate of drug-likeness (QED) is 0.728. The van der Waals surface area contributed by atoms with Crippen LogP contribution < -0.4 is 5.73 Å². The van der Waals surface area contributed by atoms with Gasteiger partial charge in [-0.2, -0.15) is 0 Å². The van der Waals surface area contributed by atoms with E-state index in [0.29, 0.717) is 0 Å². The first kappa shape index (κ1) is 10.9. The van der Waals surface area contributed by atoms with Crippen LogP contribution in [-0.4, -0.2) is 43.7 Å². The van der Waals surface area contributed by atoms with Gasteiger partial charge in [0.1, 0.15) is 0 Å². The maximum Gasteiger partial charge on any atom is 0.221 e. The second-order valence-electron chi connectivity index (χ2n) is 4.70. The number of carbonyl (C=O) groups is 1. The van der Waals surface area contributed by atoms with Crippen LogP contribution in [0.1, 0.15) is 19.3 Å². The van der Waals surface area contributed by atoms with Gasteiger partial charge in [-0.05, 0) is 31.7 Å². The fourth-order valence-corrected chi connectivity index (χ4v) is 2.52. The molecule has 0 spiro atoms. The van der Waals surface area contributed by atoms with Crippen molar-refractivity contribution in [2.75, 3.05) is 32.8 Å². The highest BCUT2D eigenvalue weighted by Crippen LogP contribution is 2.21. The zero-order valence-corrected chi connectivity index (χ0v) is 9.15. The highest BCUT2D eigenvalue weighted by atomic mass is 16.5. The van der Waals surface area contributed by atoms with E-state index in [4.69, 9.17) is 10.5 Å². The molecule has 2 saturated heterocycles. The third-order valence-corrected chi connectivity index (χ3v) is 3.53. The number of amides is 1. The number of primary amides is 1. The van der Waals surface area contributed by atoms with Crippen molar-refractivity contribution in [3.63, 3.8) is 0 Å². The molecule has 0 radical (unpaired) electrons. The number of likely N-dealkylation sites (tertiary alicyclic amines) is 1. The van der Waals surface area contributed by atoms with Gasteiger partial charge in [-0.1, -0.05) is 0 Å². The third kappa shape index (κ3) is 2.92. The van der Waals surface area contributed by atoms with E-state index in [1.165, 1.54) is 0 Å². The van der Waals surface area contributed by atoms with E-state index in [2.05, 4.69) is 4.90 Å². The van der Waals surface area contributed by atoms with Crippen LogP contribution in [0, 0.1) is 11.8 Å². The molecule has 2 heterocycles. The highest BCUT2D eigenvalue weighted by molar-refractivity contribution is 5.77. The van der Waals surface area contributed by atoms with Crippen molar-refractivity contribution in [1.29, 1.82) is 0 Å². The van der Waals surface area contributed by atoms with Gasteiger partial charge in [0.2, 0.25) is 5.91 Å². The van der Waals surface area contributed by atoms with Crippen molar-refractivity contribution in [2.45, 2.75) is 19.3 Å². The number of ether oxygens (including phenoxy) is 1. The maximum atomic E-state index is 11.0. The van der Waals surface area contributed by atoms with Crippen molar-refractivity contribution in [1.82, 2.24) is 4.90 Å². The van der Waals surface area contributed by atoms with Crippen LogP contribution in [0.25, 0.3) is 0 Å². The van der Waals surface area contributed by atoms with E-state index in [9.17, 15) is 4.79 Å². The van der Waals surface area contributed by atoms with Crippen molar-refractivity contribution < 1.29 is 9.53 Å². The number of hydrogen-bond acceptors (Lipinski definition) is 3. The van der Waals surface area contributed by atoms with Crippen LogP contribution in [0.15, 0.2) is 0 Å². The first-order valence-corrected chi connectivity index (χ1v) is 5.85. The molecule has 2 N–H and O–H groups in total. The van der Waals surface area contributed by atoms with Gasteiger partial charge in [-0.25, -0.2) is 0 Å². The maximum absolute atomic E-state index is 11.0. The molecule has 2 rings (SSSR count). The minimum absolute atomic E-state index is 0.0878. The normalized spacial score (nSPS) is 29.5. The Labute approximate surface area is 90.8 Å². The Balaban J connectivity index is 1.74. The summed E-state index contributed by atoms with van der Waals surface area (Å²) in [5, 5.41) is 0. The Morgan fingerprint density at radius 1 is 1.33 bits per heavy atom. The molecule has 86 valence electrons. The molecule has 2 fully saturated rings. The van der Waals surface area contributed by atoms with Gasteiger partial charge in [-0.15, -0.1) is 0 Å². The Morgan fingerprint density at radius 2 is 2.07 bits per heavy atom. The molecule has 0 aliphatic carbocycles. The third-order valence-electron chi connectivity index (χ3n) is 3.53. The van der Waals surface area contributed by atoms with Crippen molar-refractivity contribution in [2.24, 2.45) is 17.6 Å². The second kappa shape index (κ2) is 4.94. The summed E-state index contributed by atoms with van der Waals surface area (Å²) < 4.78 is 5.33. The zero-order chi connectivity index (χ0) is 10.7. The van der Waals surface area contributed by atoms with Gasteiger partial charge in [0.25, 0.3) is 0 Å². The van der Waals surface area contributed by atoms with Crippen molar-refractivity contribution >= 4 is 5.91 Å². The van der Waals surface area contributed by atoms with E-state index in [0.717, 1.165) is 58.0 Å². The molecule has 4 nitrogen and oxygen atoms in total. The smallest absolute Gasteiger partial charge is 0.221 e. The van der Waals surface area contributed by atoms with E-state index < -0.39 is 0 Å². The van der Waals surface area contributed by atoms with E-state index in [1.807, 2.05) is 0 Å². The van der Waals surface area contributed by atoms with Gasteiger partial charge in [0.15, 0.2) is 0 Å². The lowest BCUT2D eigenvalue weighted by Gasteiger charge is -2.26. The van der Waals surface area contributed by atoms with Crippen LogP contribution in [0.3, 0.4) is 0 Å². The zero-order valence-electron chi connectivity index (χ0n) is 9.15. The van der Waals surface area contributed by atoms with E-state index in [-0.39, 0.29) is 11.8 Å². The minimum Gasteiger partial charge on any atom is -0.381 e. The number of hydrogen-bond donors (Lipinski definition) is 1. The molecule has 15 heavy (non-hydrogen) atoms. The van der Waals surface area contributed by atoms with E-state index >= 15 is 0 Å². The lowest BCUT2D eigenvalue weighted by molar-refractivity contribution is -0.121. The molecular weight excluding hydrogens is 192 g/mol. The Hall–Kier alpha value is -0.610. The first-order valence-electron chi connectivity index (χ1n) is 5.85. The van der Waals surface area contributed by atoms with Crippen molar-refractivity contribution in [3.05, 3.63) is 0 Å². The monoisotopic (exact) mass is 212 g/mol. The van der Waals surface area contributed by atoms with Crippen molar-refractivity contribution in [3.8, 4) is 0 Å². The van der Waals surface area contributed by atoms with Crippen LogP contribution in [-0.2, 0) is 9.53 Å². The Kier molecular flexibility index (Phi) is 3.59. The van der Waals surface area contributed by atoms with Gasteiger partial charge < -0.3 is 15.4 Å². The molecule has 2 aliphatic rings. The van der Waals surface area contributed by atoms with Crippen LogP contribution in [0.4, 0.5) is 0 Å². The van der Waals surface area contributed by atoms with Gasteiger partial charge in [0.05, 0.1) is 5.92 Å². The average molecular weight is 212 g/mol. The van der Waals surface area contributed by atoms with E-state index in [1.54, 1.807) is 0 Å². The Bertz CT molecular complexity index is 227. The van der Waals surface area contributed by atoms with Crippen LogP contribution in [0.2, 0.25) is 0 Å². The average Bonchev–Trinajstić information content (AvgIpc) is 2.68. The lowest BCUT2D eigenvalue weighted by atomic mass is 10.00. The molecule has 4 heteroatoms. The summed E-state index contributed by atoms with van der Waals surface area (Å²) in [4.78, 5) is 13.4. The molecular formula is C11H20N2O2. The number of nitrogens with zero attached hydrogens (tertiary/aromatic N) is 1. The summed E-state index contributed by atoms with van der Waals surface area (Å²) in [6.07, 6.45) is 3.27. The molecule has 0 aromatic rings. The molecule has 0 bridgehead atoms. The largest absolute Gasteiger partial charge is 0.381 e. The number of carbonyl (C=O) groups excluding carboxylic acids is 1. The summed E-state index contributed by atoms with van der Waals surface area (Å²) >= 11 is 0. The fourth-order valence-electron chi connectivity index (χ4n) is 2.52. The van der Waals surface area contributed by atoms with Crippen LogP contribution in [0.5, 0.6) is 0 Å². The molecule has 2 aliphatic heterocycles. The van der Waals surface area contributed by atoms with Gasteiger partial charge in [0, 0.05) is 26.3 Å². The summed E-state index contributed by atoms with van der Waals surface area (Å²) in [6.45, 7) is 4.82. The van der Waals surface area contributed by atoms with Gasteiger partial charge >= 0.3 is 0 Å². The van der Waals surface area contributed by atoms with Crippen LogP contribution >= 0.6 is 0 Å². The summed E-state index contributed by atoms with van der Waals surface area (Å²) in [6, 6.07) is 0. The molecule has 1 atom stereocenters. The molecule has 0 aromatic heterocycles. The Morgan fingerprint density at radius 3 is 2.67 bits per heavy atom. The SMILES string of the molecule is NC(=O)[C@@H]1CCN(CC2CCOCC2)C1. The second-order valence-corrected chi connectivity index (χ2v) is 4.70. The molecule has 1 amide bonds.